The lowest BCUT2D eigenvalue weighted by Crippen LogP contribution is -2.53. The van der Waals surface area contributed by atoms with Gasteiger partial charge in [-0.15, -0.1) is 0 Å². The number of halogens is 1. The second-order valence-corrected chi connectivity index (χ2v) is 6.22. The van der Waals surface area contributed by atoms with E-state index in [4.69, 9.17) is 4.74 Å². The molecule has 0 aliphatic carbocycles. The van der Waals surface area contributed by atoms with Crippen molar-refractivity contribution in [1.82, 2.24) is 10.2 Å². The topological polar surface area (TPSA) is 24.5 Å². The molecule has 0 bridgehead atoms. The highest BCUT2D eigenvalue weighted by Gasteiger charge is 2.27. The fraction of sp³-hybridized carbons (Fsp3) is 0.625. The zero-order chi connectivity index (χ0) is 14.4. The molecule has 1 N–H and O–H groups in total. The summed E-state index contributed by atoms with van der Waals surface area (Å²) in [4.78, 5) is 2.47. The summed E-state index contributed by atoms with van der Waals surface area (Å²) in [5.41, 5.74) is 1.35. The zero-order valence-corrected chi connectivity index (χ0v) is 14.0. The molecule has 0 aromatic heterocycles. The largest absolute Gasteiger partial charge is 0.374 e. The van der Waals surface area contributed by atoms with E-state index in [1.54, 1.807) is 0 Å². The van der Waals surface area contributed by atoms with E-state index in [1.807, 2.05) is 0 Å². The molecule has 1 fully saturated rings. The molecule has 1 aliphatic heterocycles. The number of hydrogen-bond donors (Lipinski definition) is 1. The molecule has 1 saturated heterocycles. The van der Waals surface area contributed by atoms with Gasteiger partial charge in [-0.2, -0.15) is 0 Å². The van der Waals surface area contributed by atoms with Crippen molar-refractivity contribution in [3.8, 4) is 0 Å². The van der Waals surface area contributed by atoms with Crippen molar-refractivity contribution in [1.29, 1.82) is 0 Å². The Kier molecular flexibility index (Phi) is 6.49. The molecule has 0 amide bonds. The summed E-state index contributed by atoms with van der Waals surface area (Å²) in [6.45, 7) is 9.40. The predicted molar refractivity (Wildman–Crippen MR) is 87.2 cm³/mol. The number of hydrogen-bond acceptors (Lipinski definition) is 3. The molecule has 0 spiro atoms. The van der Waals surface area contributed by atoms with Crippen LogP contribution in [-0.2, 0) is 11.2 Å². The van der Waals surface area contributed by atoms with Gasteiger partial charge >= 0.3 is 0 Å². The van der Waals surface area contributed by atoms with Crippen LogP contribution in [0.5, 0.6) is 0 Å². The van der Waals surface area contributed by atoms with Gasteiger partial charge in [-0.1, -0.05) is 41.9 Å². The SMILES string of the molecule is CCNC(Cc1cccc(Br)c1)C1CN(CC)CCO1. The monoisotopic (exact) mass is 340 g/mol. The maximum atomic E-state index is 6.01. The van der Waals surface area contributed by atoms with Crippen molar-refractivity contribution in [3.63, 3.8) is 0 Å². The second-order valence-electron chi connectivity index (χ2n) is 5.30. The summed E-state index contributed by atoms with van der Waals surface area (Å²) in [6.07, 6.45) is 1.29. The molecule has 20 heavy (non-hydrogen) atoms. The molecule has 0 saturated carbocycles. The van der Waals surface area contributed by atoms with Crippen LogP contribution in [0.25, 0.3) is 0 Å². The summed E-state index contributed by atoms with van der Waals surface area (Å²) >= 11 is 3.55. The third kappa shape index (κ3) is 4.55. The number of rotatable bonds is 6. The van der Waals surface area contributed by atoms with Crippen LogP contribution in [0.1, 0.15) is 19.4 Å². The van der Waals surface area contributed by atoms with Crippen molar-refractivity contribution in [2.75, 3.05) is 32.8 Å². The Bertz CT molecular complexity index is 413. The number of benzene rings is 1. The first-order valence-electron chi connectivity index (χ1n) is 7.54. The van der Waals surface area contributed by atoms with Crippen molar-refractivity contribution in [2.45, 2.75) is 32.4 Å². The van der Waals surface area contributed by atoms with Crippen LogP contribution >= 0.6 is 15.9 Å². The van der Waals surface area contributed by atoms with E-state index in [2.05, 4.69) is 64.3 Å². The Hall–Kier alpha value is -0.420. The average Bonchev–Trinajstić information content (AvgIpc) is 2.47. The Morgan fingerprint density at radius 2 is 2.30 bits per heavy atom. The number of nitrogens with one attached hydrogen (secondary N) is 1. The van der Waals surface area contributed by atoms with Crippen molar-refractivity contribution >= 4 is 15.9 Å². The number of nitrogens with zero attached hydrogens (tertiary/aromatic N) is 1. The Balaban J connectivity index is 2.02. The van der Waals surface area contributed by atoms with Crippen molar-refractivity contribution < 1.29 is 4.74 Å². The van der Waals surface area contributed by atoms with Gasteiger partial charge in [0.2, 0.25) is 0 Å². The maximum Gasteiger partial charge on any atom is 0.0858 e. The Labute approximate surface area is 130 Å². The summed E-state index contributed by atoms with van der Waals surface area (Å²) in [6, 6.07) is 8.94. The summed E-state index contributed by atoms with van der Waals surface area (Å²) in [7, 11) is 0. The summed E-state index contributed by atoms with van der Waals surface area (Å²) in [5, 5.41) is 3.60. The minimum absolute atomic E-state index is 0.280. The van der Waals surface area contributed by atoms with Crippen LogP contribution in [0.2, 0.25) is 0 Å². The lowest BCUT2D eigenvalue weighted by atomic mass is 10.00. The quantitative estimate of drug-likeness (QED) is 0.861. The van der Waals surface area contributed by atoms with E-state index in [0.717, 1.165) is 43.7 Å². The lowest BCUT2D eigenvalue weighted by molar-refractivity contribution is -0.0445. The molecule has 2 atom stereocenters. The molecule has 2 unspecified atom stereocenters. The van der Waals surface area contributed by atoms with E-state index in [-0.39, 0.29) is 6.10 Å². The van der Waals surface area contributed by atoms with E-state index in [1.165, 1.54) is 5.56 Å². The van der Waals surface area contributed by atoms with Gasteiger partial charge in [-0.25, -0.2) is 0 Å². The molecule has 1 heterocycles. The van der Waals surface area contributed by atoms with Crippen LogP contribution in [0.15, 0.2) is 28.7 Å². The normalized spacial score (nSPS) is 21.9. The molecule has 112 valence electrons. The van der Waals surface area contributed by atoms with Gasteiger partial charge < -0.3 is 10.1 Å². The molecule has 1 aliphatic rings. The van der Waals surface area contributed by atoms with Crippen molar-refractivity contribution in [3.05, 3.63) is 34.3 Å². The molecule has 3 nitrogen and oxygen atoms in total. The molecule has 0 radical (unpaired) electrons. The molecule has 1 aromatic rings. The fourth-order valence-corrected chi connectivity index (χ4v) is 3.22. The Morgan fingerprint density at radius 3 is 3.00 bits per heavy atom. The molecular formula is C16H25BrN2O. The minimum Gasteiger partial charge on any atom is -0.374 e. The zero-order valence-electron chi connectivity index (χ0n) is 12.4. The third-order valence-electron chi connectivity index (χ3n) is 3.88. The third-order valence-corrected chi connectivity index (χ3v) is 4.38. The van der Waals surface area contributed by atoms with E-state index in [0.29, 0.717) is 6.04 Å². The second kappa shape index (κ2) is 8.13. The highest BCUT2D eigenvalue weighted by Crippen LogP contribution is 2.17. The van der Waals surface area contributed by atoms with Crippen LogP contribution < -0.4 is 5.32 Å². The van der Waals surface area contributed by atoms with E-state index < -0.39 is 0 Å². The molecule has 2 rings (SSSR count). The van der Waals surface area contributed by atoms with E-state index >= 15 is 0 Å². The first kappa shape index (κ1) is 16.0. The number of morpholine rings is 1. The Morgan fingerprint density at radius 1 is 1.45 bits per heavy atom. The smallest absolute Gasteiger partial charge is 0.0858 e. The van der Waals surface area contributed by atoms with Crippen molar-refractivity contribution in [2.24, 2.45) is 0 Å². The summed E-state index contributed by atoms with van der Waals surface area (Å²) < 4.78 is 7.15. The van der Waals surface area contributed by atoms with Crippen LogP contribution in [0.4, 0.5) is 0 Å². The highest BCUT2D eigenvalue weighted by atomic mass is 79.9. The van der Waals surface area contributed by atoms with Crippen LogP contribution in [0, 0.1) is 0 Å². The van der Waals surface area contributed by atoms with Gasteiger partial charge in [0.1, 0.15) is 0 Å². The number of likely N-dealkylation sites (N-methyl/N-ethyl adjacent to an activating group) is 2. The standard InChI is InChI=1S/C16H25BrN2O/c1-3-18-15(11-13-6-5-7-14(17)10-13)16-12-19(4-2)8-9-20-16/h5-7,10,15-16,18H,3-4,8-9,11-12H2,1-2H3. The van der Waals surface area contributed by atoms with Crippen LogP contribution in [0.3, 0.4) is 0 Å². The van der Waals surface area contributed by atoms with Crippen LogP contribution in [-0.4, -0.2) is 49.8 Å². The minimum atomic E-state index is 0.280. The molecule has 4 heteroatoms. The van der Waals surface area contributed by atoms with E-state index in [9.17, 15) is 0 Å². The lowest BCUT2D eigenvalue weighted by Gasteiger charge is -2.37. The molecular weight excluding hydrogens is 316 g/mol. The fourth-order valence-electron chi connectivity index (χ4n) is 2.78. The van der Waals surface area contributed by atoms with Gasteiger partial charge in [-0.3, -0.25) is 4.90 Å². The van der Waals surface area contributed by atoms with Gasteiger partial charge in [0, 0.05) is 23.6 Å². The first-order chi connectivity index (χ1) is 9.72. The first-order valence-corrected chi connectivity index (χ1v) is 8.34. The summed E-state index contributed by atoms with van der Waals surface area (Å²) in [5.74, 6) is 0. The molecule has 1 aromatic carbocycles. The van der Waals surface area contributed by atoms with Gasteiger partial charge in [-0.05, 0) is 37.2 Å². The van der Waals surface area contributed by atoms with Gasteiger partial charge in [0.25, 0.3) is 0 Å². The van der Waals surface area contributed by atoms with Gasteiger partial charge in [0.05, 0.1) is 12.7 Å². The maximum absolute atomic E-state index is 6.01. The highest BCUT2D eigenvalue weighted by molar-refractivity contribution is 9.10. The average molecular weight is 341 g/mol. The van der Waals surface area contributed by atoms with Gasteiger partial charge in [0.15, 0.2) is 0 Å². The number of ether oxygens (including phenoxy) is 1. The predicted octanol–water partition coefficient (Wildman–Crippen LogP) is 2.69.